The number of carbonyl (C=O) groups is 2. The molecule has 2 heterocycles. The Morgan fingerprint density at radius 3 is 1.66 bits per heavy atom. The van der Waals surface area contributed by atoms with Crippen molar-refractivity contribution in [1.29, 1.82) is 0 Å². The van der Waals surface area contributed by atoms with Crippen LogP contribution in [0.5, 0.6) is 0 Å². The van der Waals surface area contributed by atoms with E-state index in [4.69, 9.17) is 9.47 Å². The number of hydrogen-bond donors (Lipinski definition) is 0. The number of esters is 2. The van der Waals surface area contributed by atoms with E-state index in [1.807, 2.05) is 38.1 Å². The molecule has 10 heteroatoms. The van der Waals surface area contributed by atoms with E-state index in [9.17, 15) is 9.59 Å². The van der Waals surface area contributed by atoms with E-state index < -0.39 is 0 Å². The third-order valence-corrected chi connectivity index (χ3v) is 10.1. The predicted octanol–water partition coefficient (Wildman–Crippen LogP) is 6.90. The molecule has 0 aliphatic carbocycles. The lowest BCUT2D eigenvalue weighted by Crippen LogP contribution is -2.25. The number of aryl methyl sites for hydroxylation is 1. The molecule has 0 spiro atoms. The normalized spacial score (nSPS) is 12.7. The molecule has 0 bridgehead atoms. The zero-order valence-corrected chi connectivity index (χ0v) is 31.2. The van der Waals surface area contributed by atoms with E-state index in [1.165, 1.54) is 27.2 Å². The first-order valence-electron chi connectivity index (χ1n) is 16.8. The summed E-state index contributed by atoms with van der Waals surface area (Å²) in [6, 6.07) is 21.0. The van der Waals surface area contributed by atoms with Crippen LogP contribution in [-0.2, 0) is 26.1 Å². The molecule has 0 saturated carbocycles. The van der Waals surface area contributed by atoms with Crippen LogP contribution >= 0.6 is 21.6 Å². The molecule has 3 aromatic rings. The van der Waals surface area contributed by atoms with Gasteiger partial charge in [-0.15, -0.1) is 0 Å². The molecule has 0 fully saturated rings. The fraction of sp³-hybridized carbons (Fsp3) is 0.325. The van der Waals surface area contributed by atoms with E-state index in [1.54, 1.807) is 0 Å². The maximum absolute atomic E-state index is 12.1. The van der Waals surface area contributed by atoms with Crippen molar-refractivity contribution >= 4 is 63.1 Å². The number of benzene rings is 2. The van der Waals surface area contributed by atoms with E-state index >= 15 is 0 Å². The van der Waals surface area contributed by atoms with Gasteiger partial charge >= 0.3 is 11.9 Å². The first-order chi connectivity index (χ1) is 24.2. The SMILES string of the molecule is CN1C=CC(/C=C/c2ccc(N(C)CCCOC(=O)CSSCC(=O)OCCCN(C)c3ccc(/C=C/c4cc[n+](C)cc4)cc3)cc2)=CC1. The molecule has 0 radical (unpaired) electrons. The van der Waals surface area contributed by atoms with E-state index in [-0.39, 0.29) is 23.4 Å². The van der Waals surface area contributed by atoms with Gasteiger partial charge in [-0.25, -0.2) is 4.57 Å². The maximum atomic E-state index is 12.1. The zero-order chi connectivity index (χ0) is 35.6. The van der Waals surface area contributed by atoms with Crippen molar-refractivity contribution in [2.45, 2.75) is 12.8 Å². The third kappa shape index (κ3) is 14.2. The Morgan fingerprint density at radius 2 is 1.20 bits per heavy atom. The quantitative estimate of drug-likeness (QED) is 0.0572. The number of hydrogen-bond acceptors (Lipinski definition) is 9. The molecule has 50 heavy (non-hydrogen) atoms. The van der Waals surface area contributed by atoms with Crippen LogP contribution in [-0.4, -0.2) is 82.3 Å². The zero-order valence-electron chi connectivity index (χ0n) is 29.6. The number of nitrogens with zero attached hydrogens (tertiary/aromatic N) is 4. The molecule has 8 nitrogen and oxygen atoms in total. The summed E-state index contributed by atoms with van der Waals surface area (Å²) in [5, 5.41) is 0. The van der Waals surface area contributed by atoms with Crippen molar-refractivity contribution in [3.8, 4) is 0 Å². The Labute approximate surface area is 305 Å². The first-order valence-corrected chi connectivity index (χ1v) is 19.3. The minimum absolute atomic E-state index is 0.191. The predicted molar refractivity (Wildman–Crippen MR) is 211 cm³/mol. The smallest absolute Gasteiger partial charge is 0.316 e. The Hall–Kier alpha value is -4.41. The summed E-state index contributed by atoms with van der Waals surface area (Å²) in [5.74, 6) is -0.172. The number of ether oxygens (including phenoxy) is 2. The molecule has 4 rings (SSSR count). The Balaban J connectivity index is 0.995. The van der Waals surface area contributed by atoms with Gasteiger partial charge in [0, 0.05) is 64.3 Å². The van der Waals surface area contributed by atoms with Crippen molar-refractivity contribution in [3.63, 3.8) is 0 Å². The van der Waals surface area contributed by atoms with E-state index in [0.29, 0.717) is 13.2 Å². The minimum Gasteiger partial charge on any atom is -0.465 e. The Morgan fingerprint density at radius 1 is 0.740 bits per heavy atom. The maximum Gasteiger partial charge on any atom is 0.316 e. The molecule has 0 saturated heterocycles. The number of anilines is 2. The van der Waals surface area contributed by atoms with Gasteiger partial charge in [-0.1, -0.05) is 76.2 Å². The molecular weight excluding hydrogens is 665 g/mol. The first kappa shape index (κ1) is 38.4. The summed E-state index contributed by atoms with van der Waals surface area (Å²) in [7, 11) is 10.8. The van der Waals surface area contributed by atoms with Gasteiger partial charge in [0.1, 0.15) is 18.6 Å². The highest BCUT2D eigenvalue weighted by atomic mass is 33.1. The fourth-order valence-corrected chi connectivity index (χ4v) is 6.50. The number of allylic oxidation sites excluding steroid dienone is 3. The standard InChI is InChI=1S/C40H49N4O4S2/c1-41-25-19-35(20-26-41)9-7-33-11-15-37(16-12-33)43(3)23-5-29-47-39(45)31-49-50-32-40(46)48-30-6-24-44(4)38-17-13-34(14-18-38)8-10-36-21-27-42(2)28-22-36/h7-22,25-27H,5-6,23-24,28-32H2,1-4H3/q+1/b10-8+. The van der Waals surface area contributed by atoms with Gasteiger partial charge in [-0.05, 0) is 71.6 Å². The average Bonchev–Trinajstić information content (AvgIpc) is 3.13. The highest BCUT2D eigenvalue weighted by molar-refractivity contribution is 8.77. The summed E-state index contributed by atoms with van der Waals surface area (Å²) in [6.45, 7) is 3.19. The molecule has 1 aliphatic rings. The number of aromatic nitrogens is 1. The second kappa shape index (κ2) is 21.0. The lowest BCUT2D eigenvalue weighted by atomic mass is 10.1. The summed E-state index contributed by atoms with van der Waals surface area (Å²) >= 11 is 0. The van der Waals surface area contributed by atoms with Gasteiger partial charge in [0.25, 0.3) is 0 Å². The van der Waals surface area contributed by atoms with E-state index in [0.717, 1.165) is 60.5 Å². The van der Waals surface area contributed by atoms with Crippen LogP contribution in [0.3, 0.4) is 0 Å². The molecule has 1 aliphatic heterocycles. The van der Waals surface area contributed by atoms with Crippen LogP contribution in [0.2, 0.25) is 0 Å². The van der Waals surface area contributed by atoms with Crippen LogP contribution in [0, 0.1) is 0 Å². The molecule has 0 N–H and O–H groups in total. The highest BCUT2D eigenvalue weighted by Gasteiger charge is 2.09. The summed E-state index contributed by atoms with van der Waals surface area (Å²) < 4.78 is 12.8. The lowest BCUT2D eigenvalue weighted by Gasteiger charge is -2.19. The highest BCUT2D eigenvalue weighted by Crippen LogP contribution is 2.22. The van der Waals surface area contributed by atoms with Crippen LogP contribution in [0.25, 0.3) is 18.2 Å². The van der Waals surface area contributed by atoms with Gasteiger partial charge in [-0.3, -0.25) is 9.59 Å². The Bertz CT molecular complexity index is 1620. The molecule has 1 aromatic heterocycles. The monoisotopic (exact) mass is 713 g/mol. The van der Waals surface area contributed by atoms with Crippen LogP contribution in [0.15, 0.2) is 103 Å². The number of rotatable bonds is 19. The number of pyridine rings is 1. The number of carbonyl (C=O) groups excluding carboxylic acids is 2. The van der Waals surface area contributed by atoms with E-state index in [2.05, 4.69) is 125 Å². The summed E-state index contributed by atoms with van der Waals surface area (Å²) in [6.07, 6.45) is 20.4. The fourth-order valence-electron chi connectivity index (χ4n) is 4.90. The minimum atomic E-state index is -0.277. The van der Waals surface area contributed by atoms with Gasteiger partial charge in [0.2, 0.25) is 0 Å². The van der Waals surface area contributed by atoms with Crippen LogP contribution < -0.4 is 14.4 Å². The van der Waals surface area contributed by atoms with Gasteiger partial charge < -0.3 is 24.2 Å². The van der Waals surface area contributed by atoms with Crippen molar-refractivity contribution in [2.24, 2.45) is 7.05 Å². The second-order valence-corrected chi connectivity index (χ2v) is 14.6. The largest absolute Gasteiger partial charge is 0.465 e. The topological polar surface area (TPSA) is 66.2 Å². The number of likely N-dealkylation sites (N-methyl/N-ethyl adjacent to an activating group) is 1. The molecule has 0 unspecified atom stereocenters. The second-order valence-electron chi connectivity index (χ2n) is 12.1. The van der Waals surface area contributed by atoms with Crippen molar-refractivity contribution in [3.05, 3.63) is 120 Å². The molecule has 2 aromatic carbocycles. The van der Waals surface area contributed by atoms with Crippen LogP contribution in [0.4, 0.5) is 11.4 Å². The van der Waals surface area contributed by atoms with Crippen molar-refractivity contribution in [2.75, 3.05) is 75.3 Å². The molecular formula is C40H49N4O4S2+. The van der Waals surface area contributed by atoms with Crippen molar-refractivity contribution < 1.29 is 23.6 Å². The van der Waals surface area contributed by atoms with Gasteiger partial charge in [-0.2, -0.15) is 0 Å². The van der Waals surface area contributed by atoms with Gasteiger partial charge in [0.15, 0.2) is 12.4 Å². The molecule has 0 amide bonds. The Kier molecular flexibility index (Phi) is 16.1. The lowest BCUT2D eigenvalue weighted by molar-refractivity contribution is -0.671. The summed E-state index contributed by atoms with van der Waals surface area (Å²) in [5.41, 5.74) is 6.88. The van der Waals surface area contributed by atoms with Crippen molar-refractivity contribution in [1.82, 2.24) is 4.90 Å². The van der Waals surface area contributed by atoms with Crippen LogP contribution in [0.1, 0.15) is 29.5 Å². The third-order valence-electron chi connectivity index (χ3n) is 7.98. The van der Waals surface area contributed by atoms with Gasteiger partial charge in [0.05, 0.1) is 13.2 Å². The molecule has 264 valence electrons. The summed E-state index contributed by atoms with van der Waals surface area (Å²) in [4.78, 5) is 30.7. The molecule has 0 atom stereocenters. The average molecular weight is 714 g/mol.